The second kappa shape index (κ2) is 5.22. The molecule has 0 saturated heterocycles. The number of hydrogen-bond donors (Lipinski definition) is 0. The van der Waals surface area contributed by atoms with Gasteiger partial charge < -0.3 is 0 Å². The third-order valence-electron chi connectivity index (χ3n) is 2.87. The molecule has 1 aliphatic carbocycles. The van der Waals surface area contributed by atoms with E-state index < -0.39 is 0 Å². The molecule has 0 heterocycles. The molecule has 0 N–H and O–H groups in total. The summed E-state index contributed by atoms with van der Waals surface area (Å²) < 4.78 is 0. The fourth-order valence-electron chi connectivity index (χ4n) is 2.19. The highest BCUT2D eigenvalue weighted by molar-refractivity contribution is 5.75. The molecule has 1 aliphatic rings. The third kappa shape index (κ3) is 2.29. The fraction of sp³-hybridized carbons (Fsp3) is 1.00. The Kier molecular flexibility index (Phi) is 5.50. The molecule has 0 nitrogen and oxygen atoms in total. The van der Waals surface area contributed by atoms with E-state index in [1.165, 1.54) is 32.1 Å². The van der Waals surface area contributed by atoms with E-state index >= 15 is 0 Å². The normalized spacial score (nSPS) is 31.8. The molecule has 1 heteroatoms. The van der Waals surface area contributed by atoms with Crippen LogP contribution in [0.15, 0.2) is 0 Å². The Hall–Kier alpha value is 0.532. The molecule has 0 aliphatic heterocycles. The fourth-order valence-corrected chi connectivity index (χ4v) is 2.19. The predicted octanol–water partition coefficient (Wildman–Crippen LogP) is 2.04. The number of rotatable bonds is 2. The van der Waals surface area contributed by atoms with Crippen molar-refractivity contribution in [3.8, 4) is 0 Å². The average Bonchev–Trinajstić information content (AvgIpc) is 2.33. The maximum Gasteiger partial charge on any atom is 0.187 e. The monoisotopic (exact) mass is 156 g/mol. The lowest BCUT2D eigenvalue weighted by molar-refractivity contribution is 0.367. The molecule has 0 aromatic heterocycles. The van der Waals surface area contributed by atoms with Crippen LogP contribution in [-0.4, -0.2) is 17.4 Å². The molecule has 1 rings (SSSR count). The Bertz CT molecular complexity index is 70.8. The van der Waals surface area contributed by atoms with Gasteiger partial charge in [-0.1, -0.05) is 46.0 Å². The van der Waals surface area contributed by atoms with Crippen LogP contribution in [0.4, 0.5) is 0 Å². The first-order valence-corrected chi connectivity index (χ1v) is 4.38. The van der Waals surface area contributed by atoms with E-state index in [-0.39, 0.29) is 17.4 Å². The molecule has 1 fully saturated rings. The van der Waals surface area contributed by atoms with Gasteiger partial charge in [0.2, 0.25) is 0 Å². The second-order valence-electron chi connectivity index (χ2n) is 3.27. The van der Waals surface area contributed by atoms with E-state index in [0.717, 1.165) is 11.8 Å². The van der Waals surface area contributed by atoms with Crippen molar-refractivity contribution in [3.63, 3.8) is 0 Å². The minimum Gasteiger partial charge on any atom is -0.0651 e. The molecule has 1 saturated carbocycles. The van der Waals surface area contributed by atoms with Gasteiger partial charge >= 0.3 is 0 Å². The summed E-state index contributed by atoms with van der Waals surface area (Å²) >= 11 is 0. The summed E-state index contributed by atoms with van der Waals surface area (Å²) in [7, 11) is 0. The zero-order chi connectivity index (χ0) is 6.69. The summed E-state index contributed by atoms with van der Waals surface area (Å²) in [6.07, 6.45) is 7.35. The molecule has 2 unspecified atom stereocenters. The van der Waals surface area contributed by atoms with Crippen LogP contribution in [0, 0.1) is 11.8 Å². The van der Waals surface area contributed by atoms with Crippen molar-refractivity contribution < 1.29 is 0 Å². The van der Waals surface area contributed by atoms with Crippen LogP contribution in [0.2, 0.25) is 0 Å². The SMILES string of the molecule is CCC1CCCC1CC.[AlH3]. The first-order valence-electron chi connectivity index (χ1n) is 4.38. The van der Waals surface area contributed by atoms with E-state index in [1.807, 2.05) is 0 Å². The van der Waals surface area contributed by atoms with Crippen molar-refractivity contribution >= 4 is 17.4 Å². The topological polar surface area (TPSA) is 0 Å². The van der Waals surface area contributed by atoms with Crippen molar-refractivity contribution in [2.75, 3.05) is 0 Å². The van der Waals surface area contributed by atoms with Crippen molar-refractivity contribution in [2.45, 2.75) is 46.0 Å². The van der Waals surface area contributed by atoms with Crippen LogP contribution >= 0.6 is 0 Å². The van der Waals surface area contributed by atoms with E-state index in [9.17, 15) is 0 Å². The van der Waals surface area contributed by atoms with E-state index in [2.05, 4.69) is 13.8 Å². The van der Waals surface area contributed by atoms with Crippen molar-refractivity contribution in [3.05, 3.63) is 0 Å². The summed E-state index contributed by atoms with van der Waals surface area (Å²) in [5.41, 5.74) is 0. The molecular formula is C9H21Al. The van der Waals surface area contributed by atoms with E-state index in [0.29, 0.717) is 0 Å². The van der Waals surface area contributed by atoms with Crippen LogP contribution in [0.5, 0.6) is 0 Å². The minimum atomic E-state index is 0. The third-order valence-corrected chi connectivity index (χ3v) is 2.87. The van der Waals surface area contributed by atoms with Gasteiger partial charge in [-0.25, -0.2) is 0 Å². The van der Waals surface area contributed by atoms with E-state index in [4.69, 9.17) is 0 Å². The molecule has 0 aromatic carbocycles. The quantitative estimate of drug-likeness (QED) is 0.537. The average molecular weight is 156 g/mol. The van der Waals surface area contributed by atoms with Crippen LogP contribution < -0.4 is 0 Å². The van der Waals surface area contributed by atoms with Gasteiger partial charge in [0.05, 0.1) is 0 Å². The Morgan fingerprint density at radius 2 is 1.40 bits per heavy atom. The summed E-state index contributed by atoms with van der Waals surface area (Å²) in [6, 6.07) is 0. The van der Waals surface area contributed by atoms with Gasteiger partial charge in [0.15, 0.2) is 17.4 Å². The first-order chi connectivity index (χ1) is 4.38. The molecule has 0 aromatic rings. The summed E-state index contributed by atoms with van der Waals surface area (Å²) in [6.45, 7) is 4.66. The molecule has 10 heavy (non-hydrogen) atoms. The van der Waals surface area contributed by atoms with Crippen LogP contribution in [0.1, 0.15) is 46.0 Å². The maximum atomic E-state index is 2.33. The highest BCUT2D eigenvalue weighted by Crippen LogP contribution is 2.35. The Labute approximate surface area is 75.5 Å². The van der Waals surface area contributed by atoms with Crippen LogP contribution in [0.3, 0.4) is 0 Å². The van der Waals surface area contributed by atoms with Crippen molar-refractivity contribution in [1.29, 1.82) is 0 Å². The highest BCUT2D eigenvalue weighted by Gasteiger charge is 2.23. The Morgan fingerprint density at radius 3 is 1.70 bits per heavy atom. The van der Waals surface area contributed by atoms with Gasteiger partial charge in [-0.15, -0.1) is 0 Å². The minimum absolute atomic E-state index is 0. The Balaban J connectivity index is 0.000000810. The highest BCUT2D eigenvalue weighted by atomic mass is 27.0. The van der Waals surface area contributed by atoms with Gasteiger partial charge in [-0.3, -0.25) is 0 Å². The molecule has 0 spiro atoms. The van der Waals surface area contributed by atoms with Gasteiger partial charge in [-0.2, -0.15) is 0 Å². The predicted molar refractivity (Wildman–Crippen MR) is 51.4 cm³/mol. The zero-order valence-corrected chi connectivity index (χ0v) is 6.69. The smallest absolute Gasteiger partial charge is 0.0651 e. The maximum absolute atomic E-state index is 2.33. The lowest BCUT2D eigenvalue weighted by atomic mass is 9.92. The standard InChI is InChI=1S/C9H18.Al.3H/c1-3-8-6-5-7-9(8)4-2;;;;/h8-9H,3-7H2,1-2H3;;;;. The van der Waals surface area contributed by atoms with Crippen molar-refractivity contribution in [2.24, 2.45) is 11.8 Å². The lowest BCUT2D eigenvalue weighted by Crippen LogP contribution is -2.04. The first kappa shape index (κ1) is 10.5. The van der Waals surface area contributed by atoms with E-state index in [1.54, 1.807) is 0 Å². The molecule has 0 bridgehead atoms. The van der Waals surface area contributed by atoms with Crippen molar-refractivity contribution in [1.82, 2.24) is 0 Å². The van der Waals surface area contributed by atoms with Crippen LogP contribution in [-0.2, 0) is 0 Å². The molecule has 0 radical (unpaired) electrons. The van der Waals surface area contributed by atoms with Gasteiger partial charge in [0.1, 0.15) is 0 Å². The summed E-state index contributed by atoms with van der Waals surface area (Å²) in [5, 5.41) is 0. The molecular weight excluding hydrogens is 135 g/mol. The lowest BCUT2D eigenvalue weighted by Gasteiger charge is -2.14. The molecule has 2 atom stereocenters. The largest absolute Gasteiger partial charge is 0.187 e. The Morgan fingerprint density at radius 1 is 1.00 bits per heavy atom. The van der Waals surface area contributed by atoms with Gasteiger partial charge in [0, 0.05) is 0 Å². The zero-order valence-electron chi connectivity index (χ0n) is 6.69. The number of hydrogen-bond acceptors (Lipinski definition) is 0. The molecule has 0 amide bonds. The summed E-state index contributed by atoms with van der Waals surface area (Å²) in [5.74, 6) is 2.16. The second-order valence-corrected chi connectivity index (χ2v) is 3.27. The van der Waals surface area contributed by atoms with Gasteiger partial charge in [0.25, 0.3) is 0 Å². The van der Waals surface area contributed by atoms with Crippen LogP contribution in [0.25, 0.3) is 0 Å². The van der Waals surface area contributed by atoms with Gasteiger partial charge in [-0.05, 0) is 11.8 Å². The summed E-state index contributed by atoms with van der Waals surface area (Å²) in [4.78, 5) is 0. The molecule has 60 valence electrons.